The topological polar surface area (TPSA) is 75.8 Å². The van der Waals surface area contributed by atoms with Gasteiger partial charge in [0.1, 0.15) is 6.61 Å². The minimum absolute atomic E-state index is 0.0902. The number of allylic oxidation sites excluding steroid dienone is 2. The molecule has 0 aromatic carbocycles. The van der Waals surface area contributed by atoms with E-state index in [1.165, 1.54) is 38.5 Å². The number of aliphatic hydroxyl groups excluding tert-OH is 1. The number of hydrogen-bond donors (Lipinski definition) is 1. The molecule has 0 radical (unpaired) electrons. The van der Waals surface area contributed by atoms with Gasteiger partial charge in [-0.2, -0.15) is 0 Å². The van der Waals surface area contributed by atoms with Crippen molar-refractivity contribution in [2.45, 2.75) is 84.3 Å². The lowest BCUT2D eigenvalue weighted by molar-refractivity contribution is -0.0722. The number of nitrogens with zero attached hydrogens (tertiary/aromatic N) is 5. The second-order valence-electron chi connectivity index (χ2n) is 12.1. The van der Waals surface area contributed by atoms with Gasteiger partial charge in [-0.05, 0) is 100 Å². The van der Waals surface area contributed by atoms with Crippen molar-refractivity contribution in [3.05, 3.63) is 23.5 Å². The molecule has 4 aliphatic rings. The predicted molar refractivity (Wildman–Crippen MR) is 133 cm³/mol. The fraction of sp³-hybridized carbons (Fsp3) is 0.815. The van der Waals surface area contributed by atoms with Gasteiger partial charge >= 0.3 is 0 Å². The van der Waals surface area contributed by atoms with Crippen LogP contribution >= 0.6 is 0 Å². The second kappa shape index (κ2) is 9.38. The van der Waals surface area contributed by atoms with Crippen molar-refractivity contribution in [1.29, 1.82) is 0 Å². The van der Waals surface area contributed by atoms with E-state index in [4.69, 9.17) is 4.84 Å². The van der Waals surface area contributed by atoms with Crippen molar-refractivity contribution in [3.63, 3.8) is 0 Å². The van der Waals surface area contributed by atoms with Crippen molar-refractivity contribution < 1.29 is 9.94 Å². The highest BCUT2D eigenvalue weighted by molar-refractivity contribution is 5.96. The first-order chi connectivity index (χ1) is 16.3. The predicted octanol–water partition coefficient (Wildman–Crippen LogP) is 4.08. The summed E-state index contributed by atoms with van der Waals surface area (Å²) in [5.41, 5.74) is 4.15. The summed E-state index contributed by atoms with van der Waals surface area (Å²) in [6.07, 6.45) is 14.5. The van der Waals surface area contributed by atoms with Gasteiger partial charge in [0.25, 0.3) is 0 Å². The third-order valence-corrected chi connectivity index (χ3v) is 9.92. The van der Waals surface area contributed by atoms with Gasteiger partial charge in [0.05, 0.1) is 24.1 Å². The molecule has 1 aromatic heterocycles. The first kappa shape index (κ1) is 24.0. The van der Waals surface area contributed by atoms with Crippen molar-refractivity contribution in [2.75, 3.05) is 27.2 Å². The zero-order chi connectivity index (χ0) is 23.9. The molecule has 0 spiro atoms. The van der Waals surface area contributed by atoms with Crippen LogP contribution in [0.25, 0.3) is 0 Å². The molecule has 34 heavy (non-hydrogen) atoms. The zero-order valence-corrected chi connectivity index (χ0v) is 21.5. The van der Waals surface area contributed by atoms with Gasteiger partial charge in [-0.3, -0.25) is 0 Å². The van der Waals surface area contributed by atoms with E-state index in [-0.39, 0.29) is 11.5 Å². The Bertz CT molecular complexity index is 939. The summed E-state index contributed by atoms with van der Waals surface area (Å²) in [7, 11) is 4.13. The van der Waals surface area contributed by atoms with Gasteiger partial charge in [-0.1, -0.05) is 29.8 Å². The summed E-state index contributed by atoms with van der Waals surface area (Å²) < 4.78 is 1.85. The Morgan fingerprint density at radius 2 is 2.00 bits per heavy atom. The molecular weight excluding hydrogens is 426 g/mol. The minimum atomic E-state index is -0.0902. The number of aliphatic hydroxyl groups is 1. The Morgan fingerprint density at radius 3 is 2.82 bits per heavy atom. The van der Waals surface area contributed by atoms with Crippen LogP contribution in [0.4, 0.5) is 0 Å². The lowest BCUT2D eigenvalue weighted by Gasteiger charge is -2.57. The first-order valence-electron chi connectivity index (χ1n) is 13.4. The Hall–Kier alpha value is -1.73. The quantitative estimate of drug-likeness (QED) is 0.481. The largest absolute Gasteiger partial charge is 0.394 e. The summed E-state index contributed by atoms with van der Waals surface area (Å²) in [6.45, 7) is 7.02. The maximum absolute atomic E-state index is 10.7. The molecule has 7 heteroatoms. The number of likely N-dealkylation sites (N-methyl/N-ethyl adjacent to an activating group) is 1. The molecule has 5 rings (SSSR count). The Kier molecular flexibility index (Phi) is 6.62. The summed E-state index contributed by atoms with van der Waals surface area (Å²) in [5.74, 6) is 2.24. The molecule has 0 bridgehead atoms. The normalized spacial score (nSPS) is 38.4. The molecule has 3 saturated carbocycles. The van der Waals surface area contributed by atoms with E-state index in [0.29, 0.717) is 24.5 Å². The fourth-order valence-electron chi connectivity index (χ4n) is 7.78. The fourth-order valence-corrected chi connectivity index (χ4v) is 7.78. The van der Waals surface area contributed by atoms with Crippen LogP contribution in [0, 0.1) is 28.6 Å². The Morgan fingerprint density at radius 1 is 1.15 bits per heavy atom. The van der Waals surface area contributed by atoms with E-state index < -0.39 is 0 Å². The van der Waals surface area contributed by atoms with Crippen LogP contribution in [0.5, 0.6) is 0 Å². The van der Waals surface area contributed by atoms with Crippen molar-refractivity contribution in [1.82, 2.24) is 19.9 Å². The van der Waals surface area contributed by atoms with Gasteiger partial charge in [-0.25, -0.2) is 4.68 Å². The van der Waals surface area contributed by atoms with Crippen LogP contribution in [0.15, 0.2) is 23.0 Å². The first-order valence-corrected chi connectivity index (χ1v) is 13.4. The molecule has 0 aliphatic heterocycles. The van der Waals surface area contributed by atoms with Crippen LogP contribution in [-0.4, -0.2) is 64.1 Å². The Labute approximate surface area is 204 Å². The van der Waals surface area contributed by atoms with Gasteiger partial charge in [0, 0.05) is 19.2 Å². The molecule has 4 aliphatic carbocycles. The van der Waals surface area contributed by atoms with Crippen molar-refractivity contribution in [2.24, 2.45) is 33.7 Å². The lowest BCUT2D eigenvalue weighted by atomic mass is 9.47. The van der Waals surface area contributed by atoms with Gasteiger partial charge in [0.15, 0.2) is 0 Å². The van der Waals surface area contributed by atoms with Crippen molar-refractivity contribution >= 4 is 5.71 Å². The minimum Gasteiger partial charge on any atom is -0.394 e. The van der Waals surface area contributed by atoms with Gasteiger partial charge in [-0.15, -0.1) is 5.10 Å². The average Bonchev–Trinajstić information content (AvgIpc) is 3.39. The SMILES string of the molecule is CN(C)CCc1cn(CCO/N=C2\C=C3CCC4C5CCC(O)[C@@]5(C)CCC4[C@@]3(C)CC2)nn1. The smallest absolute Gasteiger partial charge is 0.136 e. The third kappa shape index (κ3) is 4.34. The highest BCUT2D eigenvalue weighted by Gasteiger charge is 2.58. The molecule has 6 atom stereocenters. The van der Waals surface area contributed by atoms with Crippen LogP contribution < -0.4 is 0 Å². The summed E-state index contributed by atoms with van der Waals surface area (Å²) in [5, 5.41) is 23.6. The van der Waals surface area contributed by atoms with Crippen LogP contribution in [-0.2, 0) is 17.8 Å². The molecule has 1 aromatic rings. The lowest BCUT2D eigenvalue weighted by Crippen LogP contribution is -2.51. The van der Waals surface area contributed by atoms with Crippen LogP contribution in [0.3, 0.4) is 0 Å². The molecule has 1 heterocycles. The summed E-state index contributed by atoms with van der Waals surface area (Å²) >= 11 is 0. The summed E-state index contributed by atoms with van der Waals surface area (Å²) in [6, 6.07) is 0. The van der Waals surface area contributed by atoms with E-state index in [9.17, 15) is 5.11 Å². The highest BCUT2D eigenvalue weighted by Crippen LogP contribution is 2.65. The van der Waals surface area contributed by atoms with E-state index in [2.05, 4.69) is 54.4 Å². The molecule has 1 N–H and O–H groups in total. The standard InChI is InChI=1S/C27H43N5O2/c1-26-12-9-20(29-34-16-15-32-18-21(28-30-32)11-14-31(3)4)17-19(26)5-6-22-23-7-8-25(33)27(23,2)13-10-24(22)26/h17-18,22-25,33H,5-16H2,1-4H3/b29-20-/t22?,23?,24?,25?,26-,27-/m0/s1. The van der Waals surface area contributed by atoms with E-state index in [0.717, 1.165) is 49.0 Å². The maximum Gasteiger partial charge on any atom is 0.136 e. The maximum atomic E-state index is 10.7. The highest BCUT2D eigenvalue weighted by atomic mass is 16.6. The van der Waals surface area contributed by atoms with E-state index >= 15 is 0 Å². The van der Waals surface area contributed by atoms with Gasteiger partial charge < -0.3 is 14.8 Å². The number of hydrogen-bond acceptors (Lipinski definition) is 6. The Balaban J connectivity index is 1.17. The second-order valence-corrected chi connectivity index (χ2v) is 12.1. The number of rotatable bonds is 7. The van der Waals surface area contributed by atoms with Crippen LogP contribution in [0.2, 0.25) is 0 Å². The van der Waals surface area contributed by atoms with E-state index in [1.54, 1.807) is 5.57 Å². The third-order valence-electron chi connectivity index (χ3n) is 9.92. The van der Waals surface area contributed by atoms with E-state index in [1.807, 2.05) is 10.9 Å². The molecule has 188 valence electrons. The molecule has 0 amide bonds. The number of fused-ring (bicyclic) bond motifs is 5. The molecular formula is C27H43N5O2. The molecule has 0 saturated heterocycles. The number of oxime groups is 1. The average molecular weight is 470 g/mol. The van der Waals surface area contributed by atoms with Crippen LogP contribution in [0.1, 0.15) is 70.9 Å². The monoisotopic (exact) mass is 469 g/mol. The zero-order valence-electron chi connectivity index (χ0n) is 21.5. The number of aromatic nitrogens is 3. The van der Waals surface area contributed by atoms with Crippen molar-refractivity contribution in [3.8, 4) is 0 Å². The summed E-state index contributed by atoms with van der Waals surface area (Å²) in [4.78, 5) is 7.86. The van der Waals surface area contributed by atoms with Gasteiger partial charge in [0.2, 0.25) is 0 Å². The molecule has 7 nitrogen and oxygen atoms in total. The molecule has 3 fully saturated rings. The molecule has 4 unspecified atom stereocenters.